The molecule has 2 heteroatoms. The van der Waals surface area contributed by atoms with E-state index in [-0.39, 0.29) is 0 Å². The van der Waals surface area contributed by atoms with E-state index in [2.05, 4.69) is 39.8 Å². The van der Waals surface area contributed by atoms with Crippen LogP contribution >= 0.6 is 0 Å². The molecule has 0 bridgehead atoms. The van der Waals surface area contributed by atoms with Crippen LogP contribution in [0.4, 0.5) is 0 Å². The van der Waals surface area contributed by atoms with Crippen molar-refractivity contribution in [3.63, 3.8) is 0 Å². The highest BCUT2D eigenvalue weighted by atomic mass is 16.2. The molecule has 1 rings (SSSR count). The minimum atomic E-state index is 0.337. The van der Waals surface area contributed by atoms with E-state index in [9.17, 15) is 4.79 Å². The third-order valence-electron chi connectivity index (χ3n) is 3.37. The smallest absolute Gasteiger partial charge is 0.225 e. The Hall–Kier alpha value is -1.05. The molecular weight excluding hydrogens is 222 g/mol. The van der Waals surface area contributed by atoms with E-state index in [0.29, 0.717) is 11.8 Å². The van der Waals surface area contributed by atoms with E-state index in [1.807, 2.05) is 4.90 Å². The van der Waals surface area contributed by atoms with Crippen molar-refractivity contribution in [2.75, 3.05) is 13.1 Å². The number of likely N-dealkylation sites (N-methyl/N-ethyl adjacent to an activating group) is 1. The second kappa shape index (κ2) is 7.40. The molecule has 18 heavy (non-hydrogen) atoms. The first-order valence-electron chi connectivity index (χ1n) is 7.12. The van der Waals surface area contributed by atoms with Gasteiger partial charge >= 0.3 is 0 Å². The molecule has 102 valence electrons. The summed E-state index contributed by atoms with van der Waals surface area (Å²) in [6, 6.07) is 0. The largest absolute Gasteiger partial charge is 0.339 e. The van der Waals surface area contributed by atoms with Crippen LogP contribution in [0.5, 0.6) is 0 Å². The quantitative estimate of drug-likeness (QED) is 0.626. The van der Waals surface area contributed by atoms with E-state index >= 15 is 0 Å². The van der Waals surface area contributed by atoms with E-state index in [1.54, 1.807) is 0 Å². The van der Waals surface area contributed by atoms with Crippen molar-refractivity contribution in [3.05, 3.63) is 23.3 Å². The summed E-state index contributed by atoms with van der Waals surface area (Å²) < 4.78 is 0. The molecule has 0 radical (unpaired) electrons. The molecule has 1 amide bonds. The van der Waals surface area contributed by atoms with Crippen molar-refractivity contribution >= 4 is 5.91 Å². The predicted octanol–water partition coefficient (Wildman–Crippen LogP) is 3.94. The molecule has 0 spiro atoms. The van der Waals surface area contributed by atoms with Crippen LogP contribution in [0.2, 0.25) is 0 Å². The van der Waals surface area contributed by atoms with Gasteiger partial charge < -0.3 is 4.90 Å². The molecule has 1 aliphatic rings. The Labute approximate surface area is 112 Å². The van der Waals surface area contributed by atoms with E-state index < -0.39 is 0 Å². The second-order valence-electron chi connectivity index (χ2n) is 5.52. The molecule has 0 heterocycles. The molecule has 0 unspecified atom stereocenters. The Morgan fingerprint density at radius 1 is 1.22 bits per heavy atom. The van der Waals surface area contributed by atoms with Crippen LogP contribution < -0.4 is 0 Å². The molecule has 0 aliphatic heterocycles. The Bertz CT molecular complexity index is 333. The van der Waals surface area contributed by atoms with Gasteiger partial charge in [0.15, 0.2) is 0 Å². The molecule has 1 saturated carbocycles. The van der Waals surface area contributed by atoms with E-state index in [4.69, 9.17) is 0 Å². The van der Waals surface area contributed by atoms with Crippen LogP contribution in [0.1, 0.15) is 53.4 Å². The standard InChI is InChI=1S/C16H27NO/c1-5-17(16(18)15-9-10-15)12-11-14(4)8-6-7-13(2)3/h7,11,15H,5-6,8-10,12H2,1-4H3/b14-11+. The van der Waals surface area contributed by atoms with Gasteiger partial charge in [0.1, 0.15) is 0 Å². The lowest BCUT2D eigenvalue weighted by Crippen LogP contribution is -2.32. The molecule has 0 saturated heterocycles. The Kier molecular flexibility index (Phi) is 6.17. The van der Waals surface area contributed by atoms with Crippen LogP contribution in [-0.4, -0.2) is 23.9 Å². The Morgan fingerprint density at radius 3 is 2.39 bits per heavy atom. The topological polar surface area (TPSA) is 20.3 Å². The normalized spacial score (nSPS) is 15.4. The molecule has 0 atom stereocenters. The summed E-state index contributed by atoms with van der Waals surface area (Å²) >= 11 is 0. The van der Waals surface area contributed by atoms with Crippen molar-refractivity contribution in [1.82, 2.24) is 4.90 Å². The molecule has 0 N–H and O–H groups in total. The van der Waals surface area contributed by atoms with Gasteiger partial charge in [-0.25, -0.2) is 0 Å². The first-order valence-corrected chi connectivity index (χ1v) is 7.12. The van der Waals surface area contributed by atoms with Gasteiger partial charge in [0.05, 0.1) is 0 Å². The van der Waals surface area contributed by atoms with E-state index in [1.165, 1.54) is 11.1 Å². The molecule has 1 fully saturated rings. The van der Waals surface area contributed by atoms with Crippen molar-refractivity contribution in [2.45, 2.75) is 53.4 Å². The lowest BCUT2D eigenvalue weighted by molar-refractivity contribution is -0.131. The zero-order valence-electron chi connectivity index (χ0n) is 12.3. The minimum absolute atomic E-state index is 0.337. The van der Waals surface area contributed by atoms with Crippen LogP contribution in [0, 0.1) is 5.92 Å². The first-order chi connectivity index (χ1) is 8.54. The Morgan fingerprint density at radius 2 is 1.89 bits per heavy atom. The van der Waals surface area contributed by atoms with E-state index in [0.717, 1.165) is 38.8 Å². The van der Waals surface area contributed by atoms with Crippen LogP contribution in [-0.2, 0) is 4.79 Å². The van der Waals surface area contributed by atoms with Crippen molar-refractivity contribution in [1.29, 1.82) is 0 Å². The number of hydrogen-bond donors (Lipinski definition) is 0. The minimum Gasteiger partial charge on any atom is -0.339 e. The molecule has 0 aromatic rings. The van der Waals surface area contributed by atoms with Crippen LogP contribution in [0.25, 0.3) is 0 Å². The van der Waals surface area contributed by atoms with Gasteiger partial charge in [0.25, 0.3) is 0 Å². The monoisotopic (exact) mass is 249 g/mol. The third-order valence-corrected chi connectivity index (χ3v) is 3.37. The zero-order valence-corrected chi connectivity index (χ0v) is 12.3. The molecular formula is C16H27NO. The molecule has 2 nitrogen and oxygen atoms in total. The highest BCUT2D eigenvalue weighted by Gasteiger charge is 2.32. The van der Waals surface area contributed by atoms with Gasteiger partial charge in [-0.3, -0.25) is 4.79 Å². The number of nitrogens with zero attached hydrogens (tertiary/aromatic N) is 1. The SMILES string of the molecule is CCN(C/C=C(\C)CCC=C(C)C)C(=O)C1CC1. The maximum atomic E-state index is 11.9. The fourth-order valence-corrected chi connectivity index (χ4v) is 1.92. The summed E-state index contributed by atoms with van der Waals surface area (Å²) in [5.74, 6) is 0.690. The summed E-state index contributed by atoms with van der Waals surface area (Å²) in [6.07, 6.45) is 8.87. The zero-order chi connectivity index (χ0) is 13.5. The van der Waals surface area contributed by atoms with Crippen molar-refractivity contribution in [2.24, 2.45) is 5.92 Å². The number of carbonyl (C=O) groups is 1. The second-order valence-corrected chi connectivity index (χ2v) is 5.52. The number of amides is 1. The fraction of sp³-hybridized carbons (Fsp3) is 0.688. The Balaban J connectivity index is 2.35. The molecule has 0 aromatic heterocycles. The lowest BCUT2D eigenvalue weighted by Gasteiger charge is -2.19. The van der Waals surface area contributed by atoms with Gasteiger partial charge in [-0.05, 0) is 53.4 Å². The highest BCUT2D eigenvalue weighted by Crippen LogP contribution is 2.30. The van der Waals surface area contributed by atoms with Crippen LogP contribution in [0.15, 0.2) is 23.3 Å². The number of carbonyl (C=O) groups excluding carboxylic acids is 1. The maximum absolute atomic E-state index is 11.9. The maximum Gasteiger partial charge on any atom is 0.225 e. The lowest BCUT2D eigenvalue weighted by atomic mass is 10.1. The van der Waals surface area contributed by atoms with Gasteiger partial charge in [0, 0.05) is 19.0 Å². The van der Waals surface area contributed by atoms with Gasteiger partial charge in [0.2, 0.25) is 5.91 Å². The fourth-order valence-electron chi connectivity index (χ4n) is 1.92. The van der Waals surface area contributed by atoms with Gasteiger partial charge in [-0.15, -0.1) is 0 Å². The van der Waals surface area contributed by atoms with Gasteiger partial charge in [-0.1, -0.05) is 23.3 Å². The average molecular weight is 249 g/mol. The summed E-state index contributed by atoms with van der Waals surface area (Å²) in [7, 11) is 0. The summed E-state index contributed by atoms with van der Waals surface area (Å²) in [4.78, 5) is 13.9. The predicted molar refractivity (Wildman–Crippen MR) is 77.4 cm³/mol. The summed E-state index contributed by atoms with van der Waals surface area (Å²) in [5.41, 5.74) is 2.76. The highest BCUT2D eigenvalue weighted by molar-refractivity contribution is 5.81. The van der Waals surface area contributed by atoms with Gasteiger partial charge in [-0.2, -0.15) is 0 Å². The number of allylic oxidation sites excluding steroid dienone is 3. The first kappa shape index (κ1) is 15.0. The van der Waals surface area contributed by atoms with Crippen molar-refractivity contribution in [3.8, 4) is 0 Å². The number of rotatable bonds is 7. The summed E-state index contributed by atoms with van der Waals surface area (Å²) in [5, 5.41) is 0. The van der Waals surface area contributed by atoms with Crippen molar-refractivity contribution < 1.29 is 4.79 Å². The third kappa shape index (κ3) is 5.52. The molecule has 1 aliphatic carbocycles. The van der Waals surface area contributed by atoms with Crippen LogP contribution in [0.3, 0.4) is 0 Å². The summed E-state index contributed by atoms with van der Waals surface area (Å²) in [6.45, 7) is 10.1. The molecule has 0 aromatic carbocycles. The average Bonchev–Trinajstić information content (AvgIpc) is 3.12. The number of hydrogen-bond acceptors (Lipinski definition) is 1.